The van der Waals surface area contributed by atoms with E-state index in [-0.39, 0.29) is 36.5 Å². The maximum absolute atomic E-state index is 13.4. The van der Waals surface area contributed by atoms with Gasteiger partial charge in [0.2, 0.25) is 5.60 Å². The van der Waals surface area contributed by atoms with Crippen LogP contribution in [0.15, 0.2) is 41.7 Å². The Hall–Kier alpha value is -1.82. The second kappa shape index (κ2) is 8.71. The van der Waals surface area contributed by atoms with Crippen LogP contribution < -0.4 is 11.1 Å². The number of hydrogen-bond acceptors (Lipinski definition) is 3. The van der Waals surface area contributed by atoms with E-state index in [0.29, 0.717) is 5.69 Å². The first-order valence-electron chi connectivity index (χ1n) is 7.54. The van der Waals surface area contributed by atoms with Gasteiger partial charge in [0.05, 0.1) is 0 Å². The topological polar surface area (TPSA) is 88.5 Å². The van der Waals surface area contributed by atoms with Crippen LogP contribution in [0.4, 0.5) is 18.9 Å². The first-order valence-corrected chi connectivity index (χ1v) is 7.54. The summed E-state index contributed by atoms with van der Waals surface area (Å²) in [6.45, 7) is 1.57. The lowest BCUT2D eigenvalue weighted by molar-refractivity contribution is -0.272. The number of anilines is 1. The quantitative estimate of drug-likeness (QED) is 0.347. The maximum Gasteiger partial charge on any atom is 0.424 e. The molecule has 2 aromatic rings. The van der Waals surface area contributed by atoms with Gasteiger partial charge in [0, 0.05) is 38.1 Å². The second-order valence-corrected chi connectivity index (χ2v) is 5.73. The summed E-state index contributed by atoms with van der Waals surface area (Å²) in [5.74, 6) is -0.518. The van der Waals surface area contributed by atoms with Gasteiger partial charge in [0.25, 0.3) is 0 Å². The van der Waals surface area contributed by atoms with Crippen molar-refractivity contribution >= 4 is 35.6 Å². The molecule has 10 heteroatoms. The molecule has 0 fully saturated rings. The van der Waals surface area contributed by atoms with Crippen LogP contribution in [0.5, 0.6) is 0 Å². The summed E-state index contributed by atoms with van der Waals surface area (Å²) in [6, 6.07) is 7.29. The van der Waals surface area contributed by atoms with Crippen molar-refractivity contribution in [2.45, 2.75) is 25.1 Å². The maximum atomic E-state index is 13.4. The highest BCUT2D eigenvalue weighted by atomic mass is 127. The third-order valence-corrected chi connectivity index (χ3v) is 3.71. The van der Waals surface area contributed by atoms with E-state index in [9.17, 15) is 18.3 Å². The summed E-state index contributed by atoms with van der Waals surface area (Å²) >= 11 is 0. The Labute approximate surface area is 166 Å². The number of rotatable bonds is 5. The van der Waals surface area contributed by atoms with Crippen molar-refractivity contribution in [1.82, 2.24) is 9.55 Å². The molecule has 6 nitrogen and oxygen atoms in total. The lowest BCUT2D eigenvalue weighted by Crippen LogP contribution is -2.45. The molecule has 0 aliphatic carbocycles. The van der Waals surface area contributed by atoms with Crippen LogP contribution in [-0.2, 0) is 12.6 Å². The molecule has 4 N–H and O–H groups in total. The number of hydrogen-bond donors (Lipinski definition) is 3. The molecule has 1 heterocycles. The number of nitrogens with one attached hydrogen (secondary N) is 1. The molecule has 0 amide bonds. The third-order valence-electron chi connectivity index (χ3n) is 3.71. The molecule has 0 spiro atoms. The summed E-state index contributed by atoms with van der Waals surface area (Å²) in [5.41, 5.74) is 4.28. The Morgan fingerprint density at radius 2 is 2.08 bits per heavy atom. The molecular weight excluding hydrogens is 462 g/mol. The number of alkyl halides is 3. The number of aliphatic imine (C=N–C) groups is 1. The largest absolute Gasteiger partial charge is 0.424 e. The summed E-state index contributed by atoms with van der Waals surface area (Å²) in [7, 11) is 1.38. The van der Waals surface area contributed by atoms with Gasteiger partial charge < -0.3 is 20.7 Å². The van der Waals surface area contributed by atoms with E-state index in [0.717, 1.165) is 10.1 Å². The number of imidazole rings is 1. The van der Waals surface area contributed by atoms with Gasteiger partial charge in [-0.15, -0.1) is 24.0 Å². The molecule has 0 aliphatic heterocycles. The monoisotopic (exact) mass is 483 g/mol. The Morgan fingerprint density at radius 1 is 1.38 bits per heavy atom. The Kier molecular flexibility index (Phi) is 7.45. The number of benzene rings is 1. The predicted molar refractivity (Wildman–Crippen MR) is 104 cm³/mol. The van der Waals surface area contributed by atoms with Crippen molar-refractivity contribution in [1.29, 1.82) is 0 Å². The normalized spacial score (nSPS) is 14.5. The van der Waals surface area contributed by atoms with E-state index >= 15 is 0 Å². The number of nitrogens with two attached hydrogens (primary N) is 1. The van der Waals surface area contributed by atoms with E-state index < -0.39 is 24.0 Å². The second-order valence-electron chi connectivity index (χ2n) is 5.73. The summed E-state index contributed by atoms with van der Waals surface area (Å²) in [4.78, 5) is 7.50. The molecule has 0 bridgehead atoms. The smallest absolute Gasteiger partial charge is 0.374 e. The highest BCUT2D eigenvalue weighted by molar-refractivity contribution is 14.0. The number of aliphatic hydroxyl groups is 1. The van der Waals surface area contributed by atoms with Crippen molar-refractivity contribution in [3.8, 4) is 0 Å². The van der Waals surface area contributed by atoms with Gasteiger partial charge >= 0.3 is 6.18 Å². The summed E-state index contributed by atoms with van der Waals surface area (Å²) in [6.07, 6.45) is -3.05. The molecule has 1 aromatic carbocycles. The molecule has 26 heavy (non-hydrogen) atoms. The lowest BCUT2D eigenvalue weighted by atomic mass is 9.98. The minimum Gasteiger partial charge on any atom is -0.374 e. The fraction of sp³-hybridized carbons (Fsp3) is 0.375. The number of aromatic nitrogens is 2. The Balaban J connectivity index is 0.00000338. The molecule has 2 rings (SSSR count). The summed E-state index contributed by atoms with van der Waals surface area (Å²) in [5, 5.41) is 13.0. The van der Waals surface area contributed by atoms with Crippen LogP contribution in [0.25, 0.3) is 0 Å². The van der Waals surface area contributed by atoms with Gasteiger partial charge in [-0.05, 0) is 24.6 Å². The van der Waals surface area contributed by atoms with Crippen molar-refractivity contribution in [3.05, 3.63) is 48.0 Å². The number of guanidine groups is 1. The molecular formula is C16H21F3IN5O. The van der Waals surface area contributed by atoms with Gasteiger partial charge in [0.1, 0.15) is 5.82 Å². The molecule has 0 saturated heterocycles. The van der Waals surface area contributed by atoms with Crippen LogP contribution in [0.2, 0.25) is 0 Å². The fourth-order valence-corrected chi connectivity index (χ4v) is 2.39. The minimum absolute atomic E-state index is 0. The highest BCUT2D eigenvalue weighted by Crippen LogP contribution is 2.40. The molecule has 1 aromatic heterocycles. The highest BCUT2D eigenvalue weighted by Gasteiger charge is 2.57. The first-order chi connectivity index (χ1) is 11.6. The Morgan fingerprint density at radius 3 is 2.62 bits per heavy atom. The first kappa shape index (κ1) is 22.2. The van der Waals surface area contributed by atoms with Crippen LogP contribution in [0, 0.1) is 6.92 Å². The van der Waals surface area contributed by atoms with Gasteiger partial charge in [-0.1, -0.05) is 12.1 Å². The number of nitrogens with zero attached hydrogens (tertiary/aromatic N) is 3. The van der Waals surface area contributed by atoms with Crippen molar-refractivity contribution in [2.24, 2.45) is 17.8 Å². The van der Waals surface area contributed by atoms with Gasteiger partial charge in [-0.3, -0.25) is 4.99 Å². The molecule has 0 aliphatic rings. The van der Waals surface area contributed by atoms with Crippen LogP contribution >= 0.6 is 24.0 Å². The Bertz CT molecular complexity index is 762. The van der Waals surface area contributed by atoms with Crippen LogP contribution in [-0.4, -0.2) is 33.3 Å². The molecule has 1 atom stereocenters. The van der Waals surface area contributed by atoms with E-state index in [1.165, 1.54) is 19.4 Å². The van der Waals surface area contributed by atoms with Crippen molar-refractivity contribution < 1.29 is 18.3 Å². The van der Waals surface area contributed by atoms with Crippen molar-refractivity contribution in [3.63, 3.8) is 0 Å². The van der Waals surface area contributed by atoms with Gasteiger partial charge in [-0.25, -0.2) is 4.98 Å². The molecule has 0 saturated carbocycles. The number of halogens is 4. The number of aryl methyl sites for hydroxylation is 2. The standard InChI is InChI=1S/C16H20F3N5O.HI/c1-11-4-3-5-12(10-11)23-14(20)22-7-6-15(25,16(17,18)19)13-21-8-9-24(13)2;/h3-5,8-10,25H,6-7H2,1-2H3,(H3,20,22,23);1H. The minimum atomic E-state index is -4.89. The average molecular weight is 483 g/mol. The molecule has 144 valence electrons. The zero-order valence-corrected chi connectivity index (χ0v) is 16.6. The predicted octanol–water partition coefficient (Wildman–Crippen LogP) is 2.91. The summed E-state index contributed by atoms with van der Waals surface area (Å²) < 4.78 is 41.2. The van der Waals surface area contributed by atoms with E-state index in [4.69, 9.17) is 5.73 Å². The average Bonchev–Trinajstić information content (AvgIpc) is 2.92. The van der Waals surface area contributed by atoms with E-state index in [1.807, 2.05) is 25.1 Å². The van der Waals surface area contributed by atoms with Gasteiger partial charge in [-0.2, -0.15) is 13.2 Å². The third kappa shape index (κ3) is 5.10. The molecule has 1 unspecified atom stereocenters. The zero-order valence-electron chi connectivity index (χ0n) is 14.3. The fourth-order valence-electron chi connectivity index (χ4n) is 2.39. The molecule has 0 radical (unpaired) electrons. The SMILES string of the molecule is Cc1cccc(NC(N)=NCCC(O)(c2nccn2C)C(F)(F)F)c1.I. The van der Waals surface area contributed by atoms with Gasteiger partial charge in [0.15, 0.2) is 5.96 Å². The zero-order chi connectivity index (χ0) is 18.7. The lowest BCUT2D eigenvalue weighted by Gasteiger charge is -2.29. The van der Waals surface area contributed by atoms with Crippen molar-refractivity contribution in [2.75, 3.05) is 11.9 Å². The van der Waals surface area contributed by atoms with Crippen LogP contribution in [0.1, 0.15) is 17.8 Å². The van der Waals surface area contributed by atoms with Crippen LogP contribution in [0.3, 0.4) is 0 Å². The van der Waals surface area contributed by atoms with E-state index in [2.05, 4.69) is 15.3 Å². The van der Waals surface area contributed by atoms with E-state index in [1.54, 1.807) is 6.07 Å².